The lowest BCUT2D eigenvalue weighted by Crippen LogP contribution is -2.15. The highest BCUT2D eigenvalue weighted by molar-refractivity contribution is 6.29. The van der Waals surface area contributed by atoms with Crippen LogP contribution < -0.4 is 5.32 Å². The first-order chi connectivity index (χ1) is 6.86. The Balaban J connectivity index is 2.24. The Morgan fingerprint density at radius 1 is 1.36 bits per heavy atom. The van der Waals surface area contributed by atoms with E-state index in [0.29, 0.717) is 5.15 Å². The Kier molecular flexibility index (Phi) is 3.17. The molecule has 0 radical (unpaired) electrons. The zero-order valence-electron chi connectivity index (χ0n) is 7.96. The molecule has 1 N–H and O–H groups in total. The lowest BCUT2D eigenvalue weighted by molar-refractivity contribution is 0.723. The SMILES string of the molecule is Clc1cccc(C2=CCCCNC2)n1. The maximum atomic E-state index is 5.85. The van der Waals surface area contributed by atoms with Crippen LogP contribution in [0, 0.1) is 0 Å². The first kappa shape index (κ1) is 9.69. The zero-order valence-corrected chi connectivity index (χ0v) is 8.72. The Labute approximate surface area is 89.0 Å². The van der Waals surface area contributed by atoms with Crippen LogP contribution in [0.1, 0.15) is 18.5 Å². The second-order valence-electron chi connectivity index (χ2n) is 3.39. The van der Waals surface area contributed by atoms with Crippen molar-refractivity contribution in [2.24, 2.45) is 0 Å². The predicted octanol–water partition coefficient (Wildman–Crippen LogP) is 2.50. The van der Waals surface area contributed by atoms with E-state index in [4.69, 9.17) is 11.6 Å². The maximum absolute atomic E-state index is 5.85. The number of hydrogen-bond donors (Lipinski definition) is 1. The molecule has 0 spiro atoms. The summed E-state index contributed by atoms with van der Waals surface area (Å²) in [6.45, 7) is 1.98. The van der Waals surface area contributed by atoms with Gasteiger partial charge in [0.25, 0.3) is 0 Å². The molecule has 1 aliphatic rings. The molecule has 1 aliphatic heterocycles. The molecule has 0 atom stereocenters. The average molecular weight is 209 g/mol. The van der Waals surface area contributed by atoms with E-state index in [1.165, 1.54) is 12.0 Å². The Morgan fingerprint density at radius 2 is 2.29 bits per heavy atom. The van der Waals surface area contributed by atoms with Gasteiger partial charge in [0.2, 0.25) is 0 Å². The third kappa shape index (κ3) is 2.34. The van der Waals surface area contributed by atoms with E-state index in [1.54, 1.807) is 6.07 Å². The Bertz CT molecular complexity index is 347. The third-order valence-corrected chi connectivity index (χ3v) is 2.52. The lowest BCUT2D eigenvalue weighted by atomic mass is 10.1. The van der Waals surface area contributed by atoms with Gasteiger partial charge in [-0.3, -0.25) is 0 Å². The van der Waals surface area contributed by atoms with E-state index in [2.05, 4.69) is 16.4 Å². The van der Waals surface area contributed by atoms with E-state index in [0.717, 1.165) is 25.2 Å². The van der Waals surface area contributed by atoms with Crippen molar-refractivity contribution in [2.75, 3.05) is 13.1 Å². The van der Waals surface area contributed by atoms with Gasteiger partial charge in [0.05, 0.1) is 5.69 Å². The second kappa shape index (κ2) is 4.58. The minimum absolute atomic E-state index is 0.563. The number of nitrogens with zero attached hydrogens (tertiary/aromatic N) is 1. The molecule has 0 aromatic carbocycles. The van der Waals surface area contributed by atoms with Crippen molar-refractivity contribution in [3.05, 3.63) is 35.1 Å². The van der Waals surface area contributed by atoms with Gasteiger partial charge in [-0.15, -0.1) is 0 Å². The van der Waals surface area contributed by atoms with Crippen molar-refractivity contribution in [3.8, 4) is 0 Å². The summed E-state index contributed by atoms with van der Waals surface area (Å²) in [5, 5.41) is 3.93. The minimum atomic E-state index is 0.563. The van der Waals surface area contributed by atoms with Gasteiger partial charge < -0.3 is 5.32 Å². The first-order valence-corrected chi connectivity index (χ1v) is 5.27. The van der Waals surface area contributed by atoms with Gasteiger partial charge in [-0.25, -0.2) is 4.98 Å². The van der Waals surface area contributed by atoms with Crippen LogP contribution in [0.25, 0.3) is 5.57 Å². The molecule has 1 aromatic heterocycles. The fourth-order valence-electron chi connectivity index (χ4n) is 1.58. The number of rotatable bonds is 1. The second-order valence-corrected chi connectivity index (χ2v) is 3.78. The quantitative estimate of drug-likeness (QED) is 0.718. The van der Waals surface area contributed by atoms with E-state index < -0.39 is 0 Å². The molecule has 0 unspecified atom stereocenters. The molecule has 0 saturated carbocycles. The average Bonchev–Trinajstić information content (AvgIpc) is 2.45. The molecule has 0 aliphatic carbocycles. The van der Waals surface area contributed by atoms with Gasteiger partial charge in [-0.2, -0.15) is 0 Å². The van der Waals surface area contributed by atoms with Crippen LogP contribution in [0.3, 0.4) is 0 Å². The summed E-state index contributed by atoms with van der Waals surface area (Å²) in [6.07, 6.45) is 4.57. The summed E-state index contributed by atoms with van der Waals surface area (Å²) < 4.78 is 0. The molecule has 14 heavy (non-hydrogen) atoms. The van der Waals surface area contributed by atoms with E-state index in [9.17, 15) is 0 Å². The Hall–Kier alpha value is -0.860. The molecule has 2 rings (SSSR count). The maximum Gasteiger partial charge on any atom is 0.129 e. The normalized spacial score (nSPS) is 17.4. The van der Waals surface area contributed by atoms with Crippen LogP contribution in [0.5, 0.6) is 0 Å². The number of pyridine rings is 1. The molecule has 3 heteroatoms. The first-order valence-electron chi connectivity index (χ1n) is 4.89. The number of nitrogens with one attached hydrogen (secondary N) is 1. The lowest BCUT2D eigenvalue weighted by Gasteiger charge is -2.05. The highest BCUT2D eigenvalue weighted by Crippen LogP contribution is 2.16. The highest BCUT2D eigenvalue weighted by atomic mass is 35.5. The summed E-state index contributed by atoms with van der Waals surface area (Å²) in [7, 11) is 0. The molecular weight excluding hydrogens is 196 g/mol. The molecular formula is C11H13ClN2. The fraction of sp³-hybridized carbons (Fsp3) is 0.364. The summed E-state index contributed by atoms with van der Waals surface area (Å²) in [5.41, 5.74) is 2.25. The van der Waals surface area contributed by atoms with Gasteiger partial charge in [0.15, 0.2) is 0 Å². The third-order valence-electron chi connectivity index (χ3n) is 2.31. The molecule has 2 nitrogen and oxygen atoms in total. The van der Waals surface area contributed by atoms with Crippen LogP contribution in [0.15, 0.2) is 24.3 Å². The van der Waals surface area contributed by atoms with Gasteiger partial charge in [0, 0.05) is 6.54 Å². The topological polar surface area (TPSA) is 24.9 Å². The molecule has 0 amide bonds. The largest absolute Gasteiger partial charge is 0.313 e. The number of hydrogen-bond acceptors (Lipinski definition) is 2. The number of allylic oxidation sites excluding steroid dienone is 1. The molecule has 0 saturated heterocycles. The van der Waals surface area contributed by atoms with Crippen molar-refractivity contribution in [2.45, 2.75) is 12.8 Å². The van der Waals surface area contributed by atoms with Crippen molar-refractivity contribution in [1.29, 1.82) is 0 Å². The summed E-state index contributed by atoms with van der Waals surface area (Å²) >= 11 is 5.85. The summed E-state index contributed by atoms with van der Waals surface area (Å²) in [6, 6.07) is 5.75. The van der Waals surface area contributed by atoms with Crippen LogP contribution in [0.4, 0.5) is 0 Å². The highest BCUT2D eigenvalue weighted by Gasteiger charge is 2.05. The van der Waals surface area contributed by atoms with Crippen molar-refractivity contribution in [3.63, 3.8) is 0 Å². The Morgan fingerprint density at radius 3 is 3.14 bits per heavy atom. The van der Waals surface area contributed by atoms with Crippen molar-refractivity contribution in [1.82, 2.24) is 10.3 Å². The molecule has 74 valence electrons. The molecule has 0 bridgehead atoms. The van der Waals surface area contributed by atoms with E-state index in [-0.39, 0.29) is 0 Å². The van der Waals surface area contributed by atoms with Crippen molar-refractivity contribution >= 4 is 17.2 Å². The van der Waals surface area contributed by atoms with Crippen LogP contribution >= 0.6 is 11.6 Å². The summed E-state index contributed by atoms with van der Waals surface area (Å²) in [4.78, 5) is 4.30. The molecule has 1 aromatic rings. The molecule has 0 fully saturated rings. The van der Waals surface area contributed by atoms with Gasteiger partial charge in [-0.1, -0.05) is 23.7 Å². The number of halogens is 1. The monoisotopic (exact) mass is 208 g/mol. The standard InChI is InChI=1S/C11H13ClN2/c12-11-6-3-5-10(14-11)9-4-1-2-7-13-8-9/h3-6,13H,1-2,7-8H2. The minimum Gasteiger partial charge on any atom is -0.313 e. The van der Waals surface area contributed by atoms with Gasteiger partial charge in [0.1, 0.15) is 5.15 Å². The number of aromatic nitrogens is 1. The van der Waals surface area contributed by atoms with Crippen LogP contribution in [-0.2, 0) is 0 Å². The molecule has 2 heterocycles. The predicted molar refractivity (Wildman–Crippen MR) is 59.3 cm³/mol. The zero-order chi connectivity index (χ0) is 9.80. The van der Waals surface area contributed by atoms with Crippen LogP contribution in [0.2, 0.25) is 5.15 Å². The smallest absolute Gasteiger partial charge is 0.129 e. The fourth-order valence-corrected chi connectivity index (χ4v) is 1.74. The van der Waals surface area contributed by atoms with Crippen LogP contribution in [-0.4, -0.2) is 18.1 Å². The van der Waals surface area contributed by atoms with Gasteiger partial charge >= 0.3 is 0 Å². The summed E-state index contributed by atoms with van der Waals surface area (Å²) in [5.74, 6) is 0. The van der Waals surface area contributed by atoms with Gasteiger partial charge in [-0.05, 0) is 37.1 Å². The van der Waals surface area contributed by atoms with E-state index in [1.807, 2.05) is 12.1 Å². The van der Waals surface area contributed by atoms with E-state index >= 15 is 0 Å². The van der Waals surface area contributed by atoms with Crippen molar-refractivity contribution < 1.29 is 0 Å².